The zero-order valence-electron chi connectivity index (χ0n) is 25.5. The maximum Gasteiger partial charge on any atom is 0.127 e. The lowest BCUT2D eigenvalue weighted by Crippen LogP contribution is -2.05. The first-order valence-electron chi connectivity index (χ1n) is 15.9. The number of ether oxygens (including phenoxy) is 4. The molecule has 8 rings (SSSR count). The van der Waals surface area contributed by atoms with Gasteiger partial charge in [-0.25, -0.2) is 0 Å². The fraction of sp³-hybridized carbons (Fsp3) is 0.143. The molecule has 0 spiro atoms. The van der Waals surface area contributed by atoms with Crippen LogP contribution in [0, 0.1) is 0 Å². The van der Waals surface area contributed by atoms with Gasteiger partial charge in [0.2, 0.25) is 0 Å². The van der Waals surface area contributed by atoms with E-state index in [4.69, 9.17) is 18.9 Å². The van der Waals surface area contributed by atoms with Crippen molar-refractivity contribution in [3.8, 4) is 67.1 Å². The Hall–Kier alpha value is -5.16. The quantitative estimate of drug-likeness (QED) is 0.139. The maximum atomic E-state index is 6.25. The van der Waals surface area contributed by atoms with Crippen molar-refractivity contribution < 1.29 is 18.9 Å². The fourth-order valence-corrected chi connectivity index (χ4v) is 5.87. The molecule has 4 heteroatoms. The Morgan fingerprint density at radius 1 is 0.391 bits per heavy atom. The minimum atomic E-state index is 0.191. The van der Waals surface area contributed by atoms with Crippen molar-refractivity contribution in [1.29, 1.82) is 0 Å². The molecule has 2 heterocycles. The minimum Gasteiger partial charge on any atom is -0.490 e. The zero-order chi connectivity index (χ0) is 30.7. The number of hydrogen-bond donors (Lipinski definition) is 0. The van der Waals surface area contributed by atoms with Gasteiger partial charge in [-0.1, -0.05) is 115 Å². The van der Waals surface area contributed by atoms with E-state index in [0.29, 0.717) is 13.2 Å². The summed E-state index contributed by atoms with van der Waals surface area (Å²) >= 11 is 0. The summed E-state index contributed by atoms with van der Waals surface area (Å²) in [6, 6.07) is 51.3. The van der Waals surface area contributed by atoms with Gasteiger partial charge >= 0.3 is 0 Å². The molecule has 6 aromatic carbocycles. The van der Waals surface area contributed by atoms with Gasteiger partial charge in [-0.2, -0.15) is 0 Å². The fourth-order valence-electron chi connectivity index (χ4n) is 5.87. The molecule has 2 fully saturated rings. The lowest BCUT2D eigenvalue weighted by molar-refractivity contribution is 0.264. The third kappa shape index (κ3) is 6.32. The van der Waals surface area contributed by atoms with E-state index in [9.17, 15) is 0 Å². The topological polar surface area (TPSA) is 43.5 Å². The lowest BCUT2D eigenvalue weighted by Gasteiger charge is -2.17. The third-order valence-corrected chi connectivity index (χ3v) is 8.53. The van der Waals surface area contributed by atoms with Gasteiger partial charge in [0.1, 0.15) is 36.9 Å². The Kier molecular flexibility index (Phi) is 7.81. The van der Waals surface area contributed by atoms with Crippen LogP contribution in [0.15, 0.2) is 146 Å². The molecule has 2 unspecified atom stereocenters. The van der Waals surface area contributed by atoms with Crippen LogP contribution in [0.5, 0.6) is 11.5 Å². The van der Waals surface area contributed by atoms with Gasteiger partial charge in [-0.3, -0.25) is 0 Å². The van der Waals surface area contributed by atoms with Gasteiger partial charge in [0.25, 0.3) is 0 Å². The van der Waals surface area contributed by atoms with Gasteiger partial charge in [0.15, 0.2) is 0 Å². The smallest absolute Gasteiger partial charge is 0.127 e. The van der Waals surface area contributed by atoms with E-state index in [0.717, 1.165) is 69.2 Å². The van der Waals surface area contributed by atoms with E-state index in [1.807, 2.05) is 12.1 Å². The average molecular weight is 603 g/mol. The third-order valence-electron chi connectivity index (χ3n) is 8.53. The lowest BCUT2D eigenvalue weighted by atomic mass is 9.89. The Morgan fingerprint density at radius 2 is 0.783 bits per heavy atom. The molecule has 0 amide bonds. The van der Waals surface area contributed by atoms with Crippen LogP contribution in [0.1, 0.15) is 0 Å². The molecule has 226 valence electrons. The van der Waals surface area contributed by atoms with E-state index < -0.39 is 0 Å². The summed E-state index contributed by atoms with van der Waals surface area (Å²) < 4.78 is 23.3. The molecule has 6 aromatic rings. The van der Waals surface area contributed by atoms with Crippen molar-refractivity contribution in [1.82, 2.24) is 0 Å². The summed E-state index contributed by atoms with van der Waals surface area (Å²) in [5.41, 5.74) is 11.3. The second-order valence-corrected chi connectivity index (χ2v) is 11.8. The van der Waals surface area contributed by atoms with E-state index in [1.54, 1.807) is 0 Å². The Balaban J connectivity index is 1.22. The summed E-state index contributed by atoms with van der Waals surface area (Å²) in [4.78, 5) is 0. The second kappa shape index (κ2) is 12.7. The van der Waals surface area contributed by atoms with Crippen molar-refractivity contribution in [2.75, 3.05) is 26.4 Å². The standard InChI is InChI=1S/C42H34O4/c1-4-10-29(11-5-1)38-22-32(33-17-20-41(45-27-35-25-43-35)39(23-33)30-12-6-2-7-13-30)16-19-37(38)34-18-21-42(46-28-36-26-44-36)40(24-34)31-14-8-3-9-15-31/h1-24,35-36H,25-28H2. The van der Waals surface area contributed by atoms with E-state index >= 15 is 0 Å². The normalized spacial score (nSPS) is 16.5. The van der Waals surface area contributed by atoms with Crippen LogP contribution < -0.4 is 9.47 Å². The van der Waals surface area contributed by atoms with Crippen LogP contribution in [0.25, 0.3) is 55.6 Å². The Labute approximate surface area is 269 Å². The minimum absolute atomic E-state index is 0.191. The van der Waals surface area contributed by atoms with Crippen LogP contribution in [-0.2, 0) is 9.47 Å². The van der Waals surface area contributed by atoms with Gasteiger partial charge < -0.3 is 18.9 Å². The largest absolute Gasteiger partial charge is 0.490 e. The SMILES string of the molecule is c1ccc(-c2cc(-c3ccc(-c4ccc(OCC5CO5)c(-c5ccccc5)c4)c(-c4ccccc4)c3)ccc2OCC2CO2)cc1. The highest BCUT2D eigenvalue weighted by Gasteiger charge is 2.25. The van der Waals surface area contributed by atoms with Crippen LogP contribution in [0.4, 0.5) is 0 Å². The first-order valence-corrected chi connectivity index (χ1v) is 15.9. The average Bonchev–Trinajstić information content (AvgIpc) is 4.07. The Bertz CT molecular complexity index is 1950. The number of rotatable bonds is 11. The van der Waals surface area contributed by atoms with Crippen molar-refractivity contribution in [2.24, 2.45) is 0 Å². The van der Waals surface area contributed by atoms with Gasteiger partial charge in [0.05, 0.1) is 13.2 Å². The molecule has 2 saturated heterocycles. The van der Waals surface area contributed by atoms with E-state index in [1.165, 1.54) is 11.1 Å². The molecule has 2 atom stereocenters. The zero-order valence-corrected chi connectivity index (χ0v) is 25.5. The highest BCUT2D eigenvalue weighted by Crippen LogP contribution is 2.41. The first-order chi connectivity index (χ1) is 22.8. The summed E-state index contributed by atoms with van der Waals surface area (Å²) in [6.45, 7) is 2.66. The predicted octanol–water partition coefficient (Wildman–Crippen LogP) is 9.58. The highest BCUT2D eigenvalue weighted by atomic mass is 16.6. The van der Waals surface area contributed by atoms with Crippen LogP contribution in [0.3, 0.4) is 0 Å². The number of epoxide rings is 2. The molecule has 2 aliphatic heterocycles. The van der Waals surface area contributed by atoms with Gasteiger partial charge in [-0.15, -0.1) is 0 Å². The van der Waals surface area contributed by atoms with Crippen molar-refractivity contribution >= 4 is 0 Å². The molecule has 4 nitrogen and oxygen atoms in total. The van der Waals surface area contributed by atoms with E-state index in [2.05, 4.69) is 133 Å². The van der Waals surface area contributed by atoms with Crippen LogP contribution in [0.2, 0.25) is 0 Å². The molecule has 0 radical (unpaired) electrons. The highest BCUT2D eigenvalue weighted by molar-refractivity contribution is 5.90. The summed E-state index contributed by atoms with van der Waals surface area (Å²) in [7, 11) is 0. The van der Waals surface area contributed by atoms with E-state index in [-0.39, 0.29) is 12.2 Å². The monoisotopic (exact) mass is 602 g/mol. The number of benzene rings is 6. The summed E-state index contributed by atoms with van der Waals surface area (Å²) in [5, 5.41) is 0. The van der Waals surface area contributed by atoms with Gasteiger partial charge in [0, 0.05) is 11.1 Å². The molecule has 46 heavy (non-hydrogen) atoms. The van der Waals surface area contributed by atoms with Crippen LogP contribution in [-0.4, -0.2) is 38.6 Å². The molecule has 0 aliphatic carbocycles. The summed E-state index contributed by atoms with van der Waals surface area (Å²) in [5.74, 6) is 1.74. The Morgan fingerprint density at radius 3 is 1.26 bits per heavy atom. The second-order valence-electron chi connectivity index (χ2n) is 11.8. The van der Waals surface area contributed by atoms with Crippen molar-refractivity contribution in [3.05, 3.63) is 146 Å². The number of hydrogen-bond acceptors (Lipinski definition) is 4. The maximum absolute atomic E-state index is 6.25. The molecule has 0 saturated carbocycles. The predicted molar refractivity (Wildman–Crippen MR) is 184 cm³/mol. The molecule has 0 N–H and O–H groups in total. The van der Waals surface area contributed by atoms with Crippen molar-refractivity contribution in [3.63, 3.8) is 0 Å². The molecule has 0 bridgehead atoms. The molecular weight excluding hydrogens is 568 g/mol. The molecule has 2 aliphatic rings. The van der Waals surface area contributed by atoms with Crippen LogP contribution >= 0.6 is 0 Å². The van der Waals surface area contributed by atoms with Crippen molar-refractivity contribution in [2.45, 2.75) is 12.2 Å². The molecular formula is C42H34O4. The summed E-state index contributed by atoms with van der Waals surface area (Å²) in [6.07, 6.45) is 0.385. The first kappa shape index (κ1) is 28.3. The molecule has 0 aromatic heterocycles. The van der Waals surface area contributed by atoms with Gasteiger partial charge in [-0.05, 0) is 74.8 Å².